The minimum absolute atomic E-state index is 0.448. The van der Waals surface area contributed by atoms with Gasteiger partial charge < -0.3 is 10.6 Å². The first-order valence-electron chi connectivity index (χ1n) is 12.2. The van der Waals surface area contributed by atoms with Gasteiger partial charge in [-0.05, 0) is 57.4 Å². The minimum atomic E-state index is 0.448. The highest BCUT2D eigenvalue weighted by Gasteiger charge is 2.38. The van der Waals surface area contributed by atoms with Crippen LogP contribution in [0.2, 0.25) is 0 Å². The maximum atomic E-state index is 9.69. The third-order valence-corrected chi connectivity index (χ3v) is 8.94. The molecule has 0 spiro atoms. The maximum absolute atomic E-state index is 9.69. The van der Waals surface area contributed by atoms with Gasteiger partial charge in [-0.3, -0.25) is 4.68 Å². The van der Waals surface area contributed by atoms with E-state index in [0.29, 0.717) is 23.6 Å². The molecule has 4 aromatic rings. The molecule has 3 atom stereocenters. The maximum Gasteiger partial charge on any atom is 0.103 e. The molecule has 2 bridgehead atoms. The molecule has 3 fully saturated rings. The molecule has 2 N–H and O–H groups in total. The fourth-order valence-electron chi connectivity index (χ4n) is 5.95. The Balaban J connectivity index is 1.43. The van der Waals surface area contributed by atoms with Gasteiger partial charge >= 0.3 is 0 Å². The second-order valence-corrected chi connectivity index (χ2v) is 11.0. The van der Waals surface area contributed by atoms with Crippen LogP contribution in [-0.2, 0) is 0 Å². The number of para-hydroxylation sites is 1. The Morgan fingerprint density at radius 2 is 2.00 bits per heavy atom. The molecule has 7 nitrogen and oxygen atoms in total. The summed E-state index contributed by atoms with van der Waals surface area (Å²) in [5, 5.41) is 19.1. The fourth-order valence-corrected chi connectivity index (χ4v) is 7.01. The quantitative estimate of drug-likeness (QED) is 0.404. The first-order valence-corrected chi connectivity index (χ1v) is 13.0. The average Bonchev–Trinajstić information content (AvgIpc) is 3.32. The lowest BCUT2D eigenvalue weighted by Crippen LogP contribution is -2.43. The molecule has 35 heavy (non-hydrogen) atoms. The number of piperidine rings is 1. The van der Waals surface area contributed by atoms with E-state index in [-0.39, 0.29) is 0 Å². The van der Waals surface area contributed by atoms with Crippen LogP contribution in [0.4, 0.5) is 5.69 Å². The van der Waals surface area contributed by atoms with Crippen LogP contribution in [0.3, 0.4) is 0 Å². The molecule has 3 aliphatic rings. The van der Waals surface area contributed by atoms with Gasteiger partial charge in [0.1, 0.15) is 6.07 Å². The van der Waals surface area contributed by atoms with Crippen molar-refractivity contribution >= 4 is 23.0 Å². The topological polar surface area (TPSA) is 88.2 Å². The molecule has 0 amide bonds. The van der Waals surface area contributed by atoms with Gasteiger partial charge in [-0.1, -0.05) is 30.3 Å². The third kappa shape index (κ3) is 3.79. The van der Waals surface area contributed by atoms with Crippen LogP contribution in [0.1, 0.15) is 43.0 Å². The van der Waals surface area contributed by atoms with Crippen LogP contribution in [0.5, 0.6) is 0 Å². The third-order valence-electron chi connectivity index (χ3n) is 7.82. The Hall–Kier alpha value is -3.28. The van der Waals surface area contributed by atoms with Gasteiger partial charge in [0.15, 0.2) is 0 Å². The molecular weight excluding hydrogens is 454 g/mol. The number of nitrogens with two attached hydrogens (primary N) is 1. The van der Waals surface area contributed by atoms with Crippen LogP contribution in [0.15, 0.2) is 58.7 Å². The van der Waals surface area contributed by atoms with Crippen molar-refractivity contribution in [3.05, 3.63) is 60.2 Å². The van der Waals surface area contributed by atoms with E-state index in [4.69, 9.17) is 10.8 Å². The summed E-state index contributed by atoms with van der Waals surface area (Å²) in [5.74, 6) is 0.643. The molecule has 2 saturated heterocycles. The lowest BCUT2D eigenvalue weighted by molar-refractivity contribution is 0.1000. The van der Waals surface area contributed by atoms with E-state index in [1.807, 2.05) is 41.2 Å². The van der Waals surface area contributed by atoms with E-state index in [1.165, 1.54) is 31.4 Å². The van der Waals surface area contributed by atoms with Crippen molar-refractivity contribution in [1.82, 2.24) is 24.3 Å². The van der Waals surface area contributed by atoms with Gasteiger partial charge in [-0.2, -0.15) is 15.5 Å². The highest BCUT2D eigenvalue weighted by atomic mass is 32.2. The van der Waals surface area contributed by atoms with Crippen molar-refractivity contribution in [1.29, 1.82) is 5.26 Å². The molecule has 3 aromatic heterocycles. The number of hydrogen-bond acceptors (Lipinski definition) is 6. The van der Waals surface area contributed by atoms with Crippen molar-refractivity contribution < 1.29 is 0 Å². The first-order chi connectivity index (χ1) is 17.0. The molecule has 7 rings (SSSR count). The lowest BCUT2D eigenvalue weighted by atomic mass is 9.89. The number of rotatable bonds is 4. The molecule has 178 valence electrons. The van der Waals surface area contributed by atoms with Crippen LogP contribution in [-0.4, -0.2) is 43.9 Å². The summed E-state index contributed by atoms with van der Waals surface area (Å²) in [5.41, 5.74) is 11.7. The van der Waals surface area contributed by atoms with Crippen LogP contribution < -0.4 is 5.73 Å². The summed E-state index contributed by atoms with van der Waals surface area (Å²) in [6.45, 7) is 3.33. The first kappa shape index (κ1) is 22.2. The Kier molecular flexibility index (Phi) is 5.54. The summed E-state index contributed by atoms with van der Waals surface area (Å²) in [6.07, 6.45) is 10.7. The van der Waals surface area contributed by atoms with Gasteiger partial charge in [-0.25, -0.2) is 4.52 Å². The van der Waals surface area contributed by atoms with Gasteiger partial charge in [0.05, 0.1) is 29.5 Å². The number of benzene rings is 1. The fraction of sp³-hybridized carbons (Fsp3) is 0.370. The number of nitrogen functional groups attached to an aromatic ring is 1. The molecule has 2 aliphatic heterocycles. The normalized spacial score (nSPS) is 22.4. The van der Waals surface area contributed by atoms with Crippen molar-refractivity contribution in [2.75, 3.05) is 19.3 Å². The van der Waals surface area contributed by atoms with Crippen molar-refractivity contribution in [2.24, 2.45) is 5.92 Å². The van der Waals surface area contributed by atoms with Gasteiger partial charge in [-0.15, -0.1) is 0 Å². The van der Waals surface area contributed by atoms with E-state index < -0.39 is 0 Å². The number of nitrogens with zero attached hydrogens (tertiary/aromatic N) is 6. The molecule has 1 aromatic carbocycles. The lowest BCUT2D eigenvalue weighted by Gasteiger charge is -2.40. The second kappa shape index (κ2) is 8.74. The standard InChI is InChI=1S/C27H29N7S/c1-17-22(14-31-34(17)24-11-21-7-5-6-18(24)15-32(21)2)19-10-26(35-25-9-4-3-8-23(25)29)27-20(12-28)13-30-33(27)16-19/h3-4,8-10,13-14,16,18,21,24H,5-7,11,15,29H2,1-2H3/t18?,21-,24-/m1/s1. The van der Waals surface area contributed by atoms with Crippen LogP contribution >= 0.6 is 11.8 Å². The molecule has 8 heteroatoms. The monoisotopic (exact) mass is 483 g/mol. The predicted octanol–water partition coefficient (Wildman–Crippen LogP) is 5.16. The van der Waals surface area contributed by atoms with Crippen LogP contribution in [0.25, 0.3) is 16.6 Å². The predicted molar refractivity (Wildman–Crippen MR) is 138 cm³/mol. The van der Waals surface area contributed by atoms with E-state index in [9.17, 15) is 5.26 Å². The zero-order valence-electron chi connectivity index (χ0n) is 20.1. The summed E-state index contributed by atoms with van der Waals surface area (Å²) < 4.78 is 4.09. The minimum Gasteiger partial charge on any atom is -0.398 e. The zero-order chi connectivity index (χ0) is 24.1. The highest BCUT2D eigenvalue weighted by Crippen LogP contribution is 2.42. The zero-order valence-corrected chi connectivity index (χ0v) is 20.9. The van der Waals surface area contributed by atoms with Crippen molar-refractivity contribution in [3.8, 4) is 17.2 Å². The number of nitriles is 1. The molecule has 1 saturated carbocycles. The largest absolute Gasteiger partial charge is 0.398 e. The van der Waals surface area contributed by atoms with Gasteiger partial charge in [0.2, 0.25) is 0 Å². The second-order valence-electron chi connectivity index (χ2n) is 9.87. The Bertz CT molecular complexity index is 1450. The Labute approximate surface area is 209 Å². The molecule has 5 heterocycles. The SMILES string of the molecule is Cc1c(-c2cc(Sc3ccccc3N)c3c(C#N)cnn3c2)cnn1[C@@H]1C[C@H]2CCCC1CN2C. The summed E-state index contributed by atoms with van der Waals surface area (Å²) in [6, 6.07) is 13.3. The number of pyridine rings is 1. The van der Waals surface area contributed by atoms with E-state index in [1.54, 1.807) is 18.0 Å². The highest BCUT2D eigenvalue weighted by molar-refractivity contribution is 7.99. The molecule has 0 radical (unpaired) electrons. The molecular formula is C27H29N7S. The van der Waals surface area contributed by atoms with Crippen LogP contribution in [0, 0.1) is 24.2 Å². The van der Waals surface area contributed by atoms with Gasteiger partial charge in [0.25, 0.3) is 0 Å². The van der Waals surface area contributed by atoms with Gasteiger partial charge in [0, 0.05) is 51.1 Å². The summed E-state index contributed by atoms with van der Waals surface area (Å²) in [7, 11) is 2.27. The van der Waals surface area contributed by atoms with E-state index in [0.717, 1.165) is 38.7 Å². The van der Waals surface area contributed by atoms with E-state index >= 15 is 0 Å². The number of anilines is 1. The Morgan fingerprint density at radius 1 is 1.14 bits per heavy atom. The Morgan fingerprint density at radius 3 is 2.83 bits per heavy atom. The number of aromatic nitrogens is 4. The average molecular weight is 484 g/mol. The van der Waals surface area contributed by atoms with Crippen molar-refractivity contribution in [2.45, 2.75) is 54.5 Å². The molecule has 1 aliphatic carbocycles. The smallest absolute Gasteiger partial charge is 0.103 e. The summed E-state index contributed by atoms with van der Waals surface area (Å²) in [4.78, 5) is 4.46. The number of hydrogen-bond donors (Lipinski definition) is 1. The molecule has 1 unspecified atom stereocenters. The van der Waals surface area contributed by atoms with Crippen molar-refractivity contribution in [3.63, 3.8) is 0 Å². The van der Waals surface area contributed by atoms with E-state index in [2.05, 4.69) is 40.8 Å². The number of fused-ring (bicyclic) bond motifs is 5. The summed E-state index contributed by atoms with van der Waals surface area (Å²) >= 11 is 1.57.